The highest BCUT2D eigenvalue weighted by atomic mass is 16.5. The Hall–Kier alpha value is -4.06. The summed E-state index contributed by atoms with van der Waals surface area (Å²) in [5.74, 6) is -0.0916. The van der Waals surface area contributed by atoms with E-state index in [2.05, 4.69) is 67.5 Å². The summed E-state index contributed by atoms with van der Waals surface area (Å²) in [5.41, 5.74) is 2.37. The second kappa shape index (κ2) is 37.7. The van der Waals surface area contributed by atoms with Gasteiger partial charge in [0.1, 0.15) is 12.2 Å². The molecule has 0 N–H and O–H groups in total. The number of hydrogen-bond acceptors (Lipinski definition) is 6. The van der Waals surface area contributed by atoms with Crippen molar-refractivity contribution in [1.29, 1.82) is 0 Å². The van der Waals surface area contributed by atoms with E-state index in [1.807, 2.05) is 88.5 Å². The van der Waals surface area contributed by atoms with E-state index in [1.165, 1.54) is 128 Å². The predicted molar refractivity (Wildman–Crippen MR) is 324 cm³/mol. The third-order valence-electron chi connectivity index (χ3n) is 17.1. The zero-order valence-corrected chi connectivity index (χ0v) is 50.9. The van der Waals surface area contributed by atoms with E-state index in [4.69, 9.17) is 9.47 Å². The first-order chi connectivity index (χ1) is 36.2. The summed E-state index contributed by atoms with van der Waals surface area (Å²) < 4.78 is 11.9. The normalized spacial score (nSPS) is 22.4. The number of carbonyl (C=O) groups excluding carboxylic acids is 4. The average molecular weight is 1050 g/mol. The first-order valence-corrected chi connectivity index (χ1v) is 30.8. The number of esters is 2. The molecule has 0 bridgehead atoms. The zero-order valence-electron chi connectivity index (χ0n) is 50.9. The van der Waals surface area contributed by atoms with Crippen molar-refractivity contribution >= 4 is 23.5 Å². The van der Waals surface area contributed by atoms with Gasteiger partial charge < -0.3 is 9.47 Å². The summed E-state index contributed by atoms with van der Waals surface area (Å²) in [4.78, 5) is 52.9. The number of hydrogen-bond donors (Lipinski definition) is 0. The van der Waals surface area contributed by atoms with Gasteiger partial charge >= 0.3 is 11.9 Å². The highest BCUT2D eigenvalue weighted by molar-refractivity contribution is 5.96. The maximum absolute atomic E-state index is 13.7. The number of rotatable bonds is 40. The van der Waals surface area contributed by atoms with Crippen LogP contribution >= 0.6 is 0 Å². The molecule has 2 aliphatic carbocycles. The molecular weight excluding hydrogens is 937 g/mol. The van der Waals surface area contributed by atoms with Gasteiger partial charge in [0.2, 0.25) is 0 Å². The van der Waals surface area contributed by atoms with Crippen LogP contribution in [0.25, 0.3) is 0 Å². The molecule has 2 saturated carbocycles. The van der Waals surface area contributed by atoms with Crippen molar-refractivity contribution in [3.05, 3.63) is 107 Å². The van der Waals surface area contributed by atoms with E-state index in [0.717, 1.165) is 48.0 Å². The third kappa shape index (κ3) is 27.0. The fourth-order valence-corrected chi connectivity index (χ4v) is 11.1. The van der Waals surface area contributed by atoms with Crippen LogP contribution in [0, 0.1) is 21.7 Å². The molecule has 6 heteroatoms. The van der Waals surface area contributed by atoms with Crippen LogP contribution in [-0.4, -0.2) is 35.7 Å². The van der Waals surface area contributed by atoms with Gasteiger partial charge in [-0.05, 0) is 89.2 Å². The Balaban J connectivity index is 1.75. The highest BCUT2D eigenvalue weighted by Gasteiger charge is 2.55. The van der Waals surface area contributed by atoms with E-state index in [1.54, 1.807) is 12.2 Å². The molecular formula is C70H112O6. The van der Waals surface area contributed by atoms with Crippen LogP contribution in [0.4, 0.5) is 0 Å². The number of unbranched alkanes of at least 4 members (excludes halogenated alkanes) is 22. The Bertz CT molecular complexity index is 2010. The van der Waals surface area contributed by atoms with Crippen LogP contribution < -0.4 is 0 Å². The lowest BCUT2D eigenvalue weighted by molar-refractivity contribution is -0.150. The van der Waals surface area contributed by atoms with Gasteiger partial charge in [0, 0.05) is 23.7 Å². The molecule has 0 unspecified atom stereocenters. The van der Waals surface area contributed by atoms with Crippen LogP contribution in [-0.2, 0) is 28.7 Å². The van der Waals surface area contributed by atoms with Gasteiger partial charge in [-0.15, -0.1) is 0 Å². The first kappa shape index (κ1) is 68.0. The van der Waals surface area contributed by atoms with Gasteiger partial charge in [-0.25, -0.2) is 0 Å². The summed E-state index contributed by atoms with van der Waals surface area (Å²) in [5, 5.41) is 0. The first-order valence-electron chi connectivity index (χ1n) is 30.8. The molecule has 2 aliphatic rings. The summed E-state index contributed by atoms with van der Waals surface area (Å²) in [6.45, 7) is 25.2. The van der Waals surface area contributed by atoms with Crippen LogP contribution in [0.2, 0.25) is 0 Å². The Morgan fingerprint density at radius 1 is 0.355 bits per heavy atom. The number of ketones is 2. The number of carbonyl (C=O) groups is 4. The SMILES string of the molecule is CCCCCCCCCCCCCCCC(=O)O[C@H]1CC(C)(C)[C@](C)(C(=O)/C=C/C(C)=C/C=C/C(C)=C/C=C/C=C(C)/C=C/C=C(C)/C=C/C(=O)[C@]2(C)C[C@@H](OC(=O)CCCCCCCCCCCCC)CC2(C)C)C1. The molecule has 0 saturated heterocycles. The monoisotopic (exact) mass is 1050 g/mol. The Kier molecular flexibility index (Phi) is 33.8. The lowest BCUT2D eigenvalue weighted by Gasteiger charge is -2.35. The average Bonchev–Trinajstić information content (AvgIpc) is 3.75. The molecule has 76 heavy (non-hydrogen) atoms. The highest BCUT2D eigenvalue weighted by Crippen LogP contribution is 2.55. The standard InChI is InChI=1S/C70H112O6/c1-13-15-17-19-21-23-25-26-28-30-32-34-36-48-66(74)76-62-54-68(9,10)70(12,56-62)64(72)52-50-60(6)46-40-44-58(4)42-38-37-41-57(3)43-39-45-59(5)49-51-63(71)69(11)55-61(53-67(69,7)8)75-65(73)47-35-33-31-29-27-24-22-20-18-16-14-2/h37-46,49-52,61-62H,13-36,47-48,53-56H2,1-12H3/b38-37+,43-39+,44-40+,51-49+,52-50+,57-41+,58-42+,59-45+,60-46+/t61-,62-,69-,70-/m0/s1. The van der Waals surface area contributed by atoms with Gasteiger partial charge in [-0.3, -0.25) is 19.2 Å². The third-order valence-corrected chi connectivity index (χ3v) is 17.1. The fraction of sp³-hybridized carbons (Fsp3) is 0.686. The molecule has 0 aromatic heterocycles. The van der Waals surface area contributed by atoms with E-state index in [-0.39, 0.29) is 46.5 Å². The fourth-order valence-electron chi connectivity index (χ4n) is 11.1. The van der Waals surface area contributed by atoms with Crippen molar-refractivity contribution in [2.75, 3.05) is 0 Å². The summed E-state index contributed by atoms with van der Waals surface area (Å²) >= 11 is 0. The lowest BCUT2D eigenvalue weighted by Crippen LogP contribution is -2.36. The molecule has 0 radical (unpaired) electrons. The lowest BCUT2D eigenvalue weighted by atomic mass is 9.66. The van der Waals surface area contributed by atoms with Crippen molar-refractivity contribution in [2.24, 2.45) is 21.7 Å². The largest absolute Gasteiger partial charge is 0.462 e. The Morgan fingerprint density at radius 2 is 0.618 bits per heavy atom. The predicted octanol–water partition coefficient (Wildman–Crippen LogP) is 20.3. The maximum Gasteiger partial charge on any atom is 0.306 e. The summed E-state index contributed by atoms with van der Waals surface area (Å²) in [7, 11) is 0. The van der Waals surface area contributed by atoms with Gasteiger partial charge in [-0.1, -0.05) is 292 Å². The molecule has 0 amide bonds. The van der Waals surface area contributed by atoms with Crippen LogP contribution in [0.5, 0.6) is 0 Å². The van der Waals surface area contributed by atoms with E-state index in [9.17, 15) is 19.2 Å². The van der Waals surface area contributed by atoms with Crippen molar-refractivity contribution in [2.45, 2.75) is 288 Å². The molecule has 0 spiro atoms. The topological polar surface area (TPSA) is 86.7 Å². The van der Waals surface area contributed by atoms with Gasteiger partial charge in [0.05, 0.1) is 0 Å². The van der Waals surface area contributed by atoms with Crippen LogP contribution in [0.15, 0.2) is 107 Å². The van der Waals surface area contributed by atoms with Gasteiger partial charge in [0.15, 0.2) is 11.6 Å². The molecule has 0 heterocycles. The second-order valence-electron chi connectivity index (χ2n) is 24.9. The molecule has 2 rings (SSSR count). The molecule has 0 aromatic carbocycles. The van der Waals surface area contributed by atoms with E-state index in [0.29, 0.717) is 38.5 Å². The van der Waals surface area contributed by atoms with Gasteiger partial charge in [-0.2, -0.15) is 0 Å². The van der Waals surface area contributed by atoms with E-state index >= 15 is 0 Å². The molecule has 0 aromatic rings. The second-order valence-corrected chi connectivity index (χ2v) is 24.9. The minimum Gasteiger partial charge on any atom is -0.462 e. The van der Waals surface area contributed by atoms with Gasteiger partial charge in [0.25, 0.3) is 0 Å². The molecule has 2 fully saturated rings. The molecule has 0 aliphatic heterocycles. The van der Waals surface area contributed by atoms with Crippen molar-refractivity contribution in [1.82, 2.24) is 0 Å². The molecule has 428 valence electrons. The molecule has 4 atom stereocenters. The zero-order chi connectivity index (χ0) is 56.3. The smallest absolute Gasteiger partial charge is 0.306 e. The van der Waals surface area contributed by atoms with Crippen LogP contribution in [0.1, 0.15) is 276 Å². The van der Waals surface area contributed by atoms with Crippen LogP contribution in [0.3, 0.4) is 0 Å². The summed E-state index contributed by atoms with van der Waals surface area (Å²) in [6.07, 6.45) is 60.7. The Morgan fingerprint density at radius 3 is 0.921 bits per heavy atom. The van der Waals surface area contributed by atoms with E-state index < -0.39 is 10.8 Å². The number of ether oxygens (including phenoxy) is 2. The van der Waals surface area contributed by atoms with Crippen molar-refractivity contribution in [3.63, 3.8) is 0 Å². The minimum absolute atomic E-state index is 0.0795. The maximum atomic E-state index is 13.7. The Labute approximate surface area is 467 Å². The minimum atomic E-state index is -0.605. The molecule has 6 nitrogen and oxygen atoms in total. The number of allylic oxidation sites excluding steroid dienone is 18. The van der Waals surface area contributed by atoms with Crippen molar-refractivity contribution in [3.8, 4) is 0 Å². The summed E-state index contributed by atoms with van der Waals surface area (Å²) in [6, 6.07) is 0. The van der Waals surface area contributed by atoms with Crippen molar-refractivity contribution < 1.29 is 28.7 Å². The quantitative estimate of drug-likeness (QED) is 0.0263.